The fourth-order valence-electron chi connectivity index (χ4n) is 1.86. The molecule has 0 saturated carbocycles. The fraction of sp³-hybridized carbons (Fsp3) is 0.250. The molecule has 18 heavy (non-hydrogen) atoms. The maximum atomic E-state index is 13.6. The molecular formula is C12H11FN2O3. The number of para-hydroxylation sites is 1. The van der Waals surface area contributed by atoms with E-state index in [9.17, 15) is 18.8 Å². The number of halogens is 1. The van der Waals surface area contributed by atoms with Gasteiger partial charge in [-0.2, -0.15) is 0 Å². The number of anilines is 1. The average Bonchev–Trinajstić information content (AvgIpc) is 2.56. The third-order valence-corrected chi connectivity index (χ3v) is 2.62. The van der Waals surface area contributed by atoms with Crippen molar-refractivity contribution in [1.82, 2.24) is 5.32 Å². The lowest BCUT2D eigenvalue weighted by Crippen LogP contribution is -2.40. The molecule has 1 aliphatic rings. The molecular weight excluding hydrogens is 239 g/mol. The van der Waals surface area contributed by atoms with Crippen molar-refractivity contribution >= 4 is 23.3 Å². The SMILES string of the molecule is CCNC(=O)CN1C(=O)C(=O)c2cccc(F)c21. The van der Waals surface area contributed by atoms with Crippen LogP contribution in [0, 0.1) is 5.82 Å². The van der Waals surface area contributed by atoms with Crippen molar-refractivity contribution in [1.29, 1.82) is 0 Å². The van der Waals surface area contributed by atoms with Gasteiger partial charge in [-0.1, -0.05) is 6.07 Å². The first-order valence-corrected chi connectivity index (χ1v) is 5.47. The molecule has 1 heterocycles. The van der Waals surface area contributed by atoms with Gasteiger partial charge in [-0.15, -0.1) is 0 Å². The third kappa shape index (κ3) is 1.85. The molecule has 94 valence electrons. The van der Waals surface area contributed by atoms with Gasteiger partial charge < -0.3 is 5.32 Å². The normalized spacial score (nSPS) is 13.8. The summed E-state index contributed by atoms with van der Waals surface area (Å²) in [4.78, 5) is 35.6. The zero-order chi connectivity index (χ0) is 13.3. The molecule has 0 unspecified atom stereocenters. The van der Waals surface area contributed by atoms with Crippen LogP contribution < -0.4 is 10.2 Å². The minimum atomic E-state index is -0.874. The first-order chi connectivity index (χ1) is 8.56. The van der Waals surface area contributed by atoms with Crippen LogP contribution in [0.3, 0.4) is 0 Å². The largest absolute Gasteiger partial charge is 0.355 e. The van der Waals surface area contributed by atoms with Crippen LogP contribution >= 0.6 is 0 Å². The number of amides is 2. The first kappa shape index (κ1) is 12.2. The maximum Gasteiger partial charge on any atom is 0.300 e. The van der Waals surface area contributed by atoms with Gasteiger partial charge in [0.15, 0.2) is 0 Å². The number of nitrogens with zero attached hydrogens (tertiary/aromatic N) is 1. The molecule has 0 saturated heterocycles. The third-order valence-electron chi connectivity index (χ3n) is 2.62. The Hall–Kier alpha value is -2.24. The van der Waals surface area contributed by atoms with Crippen molar-refractivity contribution in [3.63, 3.8) is 0 Å². The molecule has 0 atom stereocenters. The molecule has 0 aliphatic carbocycles. The predicted molar refractivity (Wildman–Crippen MR) is 61.8 cm³/mol. The van der Waals surface area contributed by atoms with Crippen LogP contribution in [0.1, 0.15) is 17.3 Å². The van der Waals surface area contributed by atoms with Gasteiger partial charge in [-0.3, -0.25) is 19.3 Å². The number of fused-ring (bicyclic) bond motifs is 1. The second kappa shape index (κ2) is 4.56. The number of benzene rings is 1. The van der Waals surface area contributed by atoms with E-state index in [4.69, 9.17) is 0 Å². The highest BCUT2D eigenvalue weighted by atomic mass is 19.1. The Balaban J connectivity index is 2.36. The lowest BCUT2D eigenvalue weighted by molar-refractivity contribution is -0.122. The highest BCUT2D eigenvalue weighted by Crippen LogP contribution is 2.31. The molecule has 1 aromatic carbocycles. The molecule has 0 aromatic heterocycles. The molecule has 1 N–H and O–H groups in total. The lowest BCUT2D eigenvalue weighted by atomic mass is 10.1. The number of ketones is 1. The minimum absolute atomic E-state index is 0.00398. The number of carbonyl (C=O) groups excluding carboxylic acids is 3. The summed E-state index contributed by atoms with van der Waals surface area (Å²) < 4.78 is 13.6. The highest BCUT2D eigenvalue weighted by molar-refractivity contribution is 6.52. The molecule has 0 radical (unpaired) electrons. The number of hydrogen-bond donors (Lipinski definition) is 1. The van der Waals surface area contributed by atoms with Crippen LogP contribution in [-0.4, -0.2) is 30.7 Å². The predicted octanol–water partition coefficient (Wildman–Crippen LogP) is 0.491. The van der Waals surface area contributed by atoms with E-state index in [1.54, 1.807) is 6.92 Å². The van der Waals surface area contributed by atoms with Crippen LogP contribution in [-0.2, 0) is 9.59 Å². The van der Waals surface area contributed by atoms with Gasteiger partial charge in [0.1, 0.15) is 12.4 Å². The van der Waals surface area contributed by atoms with Crippen molar-refractivity contribution in [3.8, 4) is 0 Å². The number of carbonyl (C=O) groups is 3. The van der Waals surface area contributed by atoms with Crippen LogP contribution in [0.15, 0.2) is 18.2 Å². The molecule has 1 aromatic rings. The quantitative estimate of drug-likeness (QED) is 0.794. The molecule has 6 heteroatoms. The van der Waals surface area contributed by atoms with Gasteiger partial charge >= 0.3 is 0 Å². The van der Waals surface area contributed by atoms with Crippen LogP contribution in [0.5, 0.6) is 0 Å². The van der Waals surface area contributed by atoms with Gasteiger partial charge in [0.2, 0.25) is 5.91 Å². The molecule has 5 nitrogen and oxygen atoms in total. The zero-order valence-corrected chi connectivity index (χ0v) is 9.70. The summed E-state index contributed by atoms with van der Waals surface area (Å²) in [5.41, 5.74) is -0.108. The van der Waals surface area contributed by atoms with Crippen LogP contribution in [0.4, 0.5) is 10.1 Å². The van der Waals surface area contributed by atoms with Gasteiger partial charge in [-0.05, 0) is 19.1 Å². The summed E-state index contributed by atoms with van der Waals surface area (Å²) in [5.74, 6) is -2.78. The minimum Gasteiger partial charge on any atom is -0.355 e. The number of hydrogen-bond acceptors (Lipinski definition) is 3. The van der Waals surface area contributed by atoms with Crippen molar-refractivity contribution in [2.45, 2.75) is 6.92 Å². The number of rotatable bonds is 3. The van der Waals surface area contributed by atoms with E-state index in [-0.39, 0.29) is 17.8 Å². The number of likely N-dealkylation sites (N-methyl/N-ethyl adjacent to an activating group) is 1. The van der Waals surface area contributed by atoms with E-state index in [0.717, 1.165) is 11.0 Å². The van der Waals surface area contributed by atoms with E-state index >= 15 is 0 Å². The van der Waals surface area contributed by atoms with Gasteiger partial charge in [-0.25, -0.2) is 4.39 Å². The number of Topliss-reactive ketones (excluding diaryl/α,β-unsaturated/α-hetero) is 1. The van der Waals surface area contributed by atoms with Gasteiger partial charge in [0.05, 0.1) is 11.3 Å². The lowest BCUT2D eigenvalue weighted by Gasteiger charge is -2.16. The summed E-state index contributed by atoms with van der Waals surface area (Å²) in [6, 6.07) is 3.88. The molecule has 2 amide bonds. The van der Waals surface area contributed by atoms with E-state index in [1.165, 1.54) is 12.1 Å². The van der Waals surface area contributed by atoms with E-state index in [0.29, 0.717) is 6.54 Å². The Bertz CT molecular complexity index is 542. The Morgan fingerprint density at radius 2 is 2.11 bits per heavy atom. The summed E-state index contributed by atoms with van der Waals surface area (Å²) in [5, 5.41) is 2.49. The summed E-state index contributed by atoms with van der Waals surface area (Å²) in [6.45, 7) is 1.77. The van der Waals surface area contributed by atoms with Crippen molar-refractivity contribution < 1.29 is 18.8 Å². The molecule has 0 spiro atoms. The first-order valence-electron chi connectivity index (χ1n) is 5.47. The van der Waals surface area contributed by atoms with Crippen LogP contribution in [0.2, 0.25) is 0 Å². The topological polar surface area (TPSA) is 66.5 Å². The Morgan fingerprint density at radius 1 is 1.39 bits per heavy atom. The smallest absolute Gasteiger partial charge is 0.300 e. The summed E-state index contributed by atoms with van der Waals surface area (Å²) >= 11 is 0. The van der Waals surface area contributed by atoms with Gasteiger partial charge in [0, 0.05) is 6.54 Å². The zero-order valence-electron chi connectivity index (χ0n) is 9.70. The number of nitrogens with one attached hydrogen (secondary N) is 1. The van der Waals surface area contributed by atoms with Gasteiger partial charge in [0.25, 0.3) is 11.7 Å². The maximum absolute atomic E-state index is 13.6. The Morgan fingerprint density at radius 3 is 2.78 bits per heavy atom. The standard InChI is InChI=1S/C12H11FN2O3/c1-2-14-9(16)6-15-10-7(11(17)12(15)18)4-3-5-8(10)13/h3-5H,2,6H2,1H3,(H,14,16). The van der Waals surface area contributed by atoms with Crippen molar-refractivity contribution in [2.24, 2.45) is 0 Å². The Kier molecular flexibility index (Phi) is 3.10. The molecule has 0 fully saturated rings. The Labute approximate surface area is 103 Å². The summed E-state index contributed by atoms with van der Waals surface area (Å²) in [7, 11) is 0. The van der Waals surface area contributed by atoms with E-state index in [2.05, 4.69) is 5.32 Å². The van der Waals surface area contributed by atoms with E-state index < -0.39 is 23.4 Å². The summed E-state index contributed by atoms with van der Waals surface area (Å²) in [6.07, 6.45) is 0. The van der Waals surface area contributed by atoms with E-state index in [1.807, 2.05) is 0 Å². The molecule has 1 aliphatic heterocycles. The fourth-order valence-corrected chi connectivity index (χ4v) is 1.86. The highest BCUT2D eigenvalue weighted by Gasteiger charge is 2.38. The second-order valence-corrected chi connectivity index (χ2v) is 3.81. The molecule has 2 rings (SSSR count). The van der Waals surface area contributed by atoms with Crippen molar-refractivity contribution in [2.75, 3.05) is 18.0 Å². The van der Waals surface area contributed by atoms with Crippen molar-refractivity contribution in [3.05, 3.63) is 29.6 Å². The monoisotopic (exact) mass is 250 g/mol. The van der Waals surface area contributed by atoms with Crippen LogP contribution in [0.25, 0.3) is 0 Å². The second-order valence-electron chi connectivity index (χ2n) is 3.81. The average molecular weight is 250 g/mol. The molecule has 0 bridgehead atoms.